The molecule has 0 amide bonds. The van der Waals surface area contributed by atoms with Crippen molar-refractivity contribution in [1.82, 2.24) is 0 Å². The van der Waals surface area contributed by atoms with Crippen molar-refractivity contribution in [3.05, 3.63) is 0 Å². The zero-order valence-corrected chi connectivity index (χ0v) is 17.7. The molecule has 3 fully saturated rings. The summed E-state index contributed by atoms with van der Waals surface area (Å²) in [4.78, 5) is 0. The van der Waals surface area contributed by atoms with Gasteiger partial charge in [-0.1, -0.05) is 0 Å². The second kappa shape index (κ2) is 11.6. The summed E-state index contributed by atoms with van der Waals surface area (Å²) in [6, 6.07) is 0. The van der Waals surface area contributed by atoms with E-state index < -0.39 is 112 Å². The first kappa shape index (κ1) is 27.9. The maximum Gasteiger partial charge on any atom is 0.187 e. The highest BCUT2D eigenvalue weighted by Gasteiger charge is 2.51. The quantitative estimate of drug-likeness (QED) is 0.154. The van der Waals surface area contributed by atoms with E-state index in [9.17, 15) is 56.2 Å². The van der Waals surface area contributed by atoms with Crippen LogP contribution in [0.15, 0.2) is 0 Å². The molecule has 0 saturated carbocycles. The fourth-order valence-corrected chi connectivity index (χ4v) is 3.95. The molecule has 16 heteroatoms. The van der Waals surface area contributed by atoms with Crippen molar-refractivity contribution < 1.29 is 79.9 Å². The summed E-state index contributed by atoms with van der Waals surface area (Å²) < 4.78 is 26.3. The predicted octanol–water partition coefficient (Wildman–Crippen LogP) is -7.57. The summed E-state index contributed by atoms with van der Waals surface area (Å²) in [7, 11) is 0. The number of aliphatic hydroxyl groups excluding tert-OH is 11. The Balaban J connectivity index is 1.66. The van der Waals surface area contributed by atoms with E-state index in [4.69, 9.17) is 23.7 Å². The van der Waals surface area contributed by atoms with Gasteiger partial charge in [0.15, 0.2) is 18.9 Å². The second-order valence-corrected chi connectivity index (χ2v) is 8.37. The van der Waals surface area contributed by atoms with Gasteiger partial charge in [0.25, 0.3) is 0 Å². The first-order chi connectivity index (χ1) is 16.0. The summed E-state index contributed by atoms with van der Waals surface area (Å²) in [5.41, 5.74) is 0. The molecule has 3 aliphatic heterocycles. The van der Waals surface area contributed by atoms with Gasteiger partial charge in [-0.05, 0) is 0 Å². The zero-order valence-electron chi connectivity index (χ0n) is 17.7. The van der Waals surface area contributed by atoms with Gasteiger partial charge >= 0.3 is 0 Å². The Hall–Kier alpha value is -0.640. The van der Waals surface area contributed by atoms with Gasteiger partial charge in [-0.15, -0.1) is 0 Å². The Kier molecular flexibility index (Phi) is 9.54. The van der Waals surface area contributed by atoms with Crippen LogP contribution in [0.4, 0.5) is 0 Å². The minimum atomic E-state index is -1.87. The lowest BCUT2D eigenvalue weighted by Crippen LogP contribution is -2.65. The molecule has 15 atom stereocenters. The van der Waals surface area contributed by atoms with Crippen LogP contribution in [0.3, 0.4) is 0 Å². The molecular formula is C18H32O16. The molecule has 0 aromatic rings. The summed E-state index contributed by atoms with van der Waals surface area (Å²) in [5, 5.41) is 109. The van der Waals surface area contributed by atoms with E-state index in [0.717, 1.165) is 0 Å². The molecule has 3 aliphatic rings. The highest BCUT2D eigenvalue weighted by Crippen LogP contribution is 2.29. The van der Waals surface area contributed by atoms with Crippen LogP contribution in [0.5, 0.6) is 0 Å². The molecule has 11 N–H and O–H groups in total. The molecule has 3 saturated heterocycles. The molecule has 0 aromatic heterocycles. The number of hydrogen-bond donors (Lipinski definition) is 11. The molecule has 0 aromatic carbocycles. The van der Waals surface area contributed by atoms with Crippen LogP contribution in [0.25, 0.3) is 0 Å². The Labute approximate surface area is 192 Å². The molecule has 34 heavy (non-hydrogen) atoms. The van der Waals surface area contributed by atoms with E-state index in [2.05, 4.69) is 0 Å². The van der Waals surface area contributed by atoms with E-state index in [-0.39, 0.29) is 0 Å². The first-order valence-electron chi connectivity index (χ1n) is 10.6. The number of aliphatic hydroxyl groups is 11. The fraction of sp³-hybridized carbons (Fsp3) is 1.00. The number of ether oxygens (including phenoxy) is 5. The Bertz CT molecular complexity index is 637. The fourth-order valence-electron chi connectivity index (χ4n) is 3.95. The molecule has 6 unspecified atom stereocenters. The minimum absolute atomic E-state index is 0.609. The Morgan fingerprint density at radius 3 is 1.62 bits per heavy atom. The maximum absolute atomic E-state index is 10.3. The molecule has 3 heterocycles. The standard InChI is InChI=1S/C18H32O16/c19-1-4-7(21)9(23)13(27)17(32-4)30-3-6-8(22)10(24)14(28)18(33-6)34-15-5(2-20)31-16(29)12(26)11(15)25/h4-29H,1-3H2/t4?,5-,6?,7-,8+,9-,10-,11?,12?,13?,14?,15+,16+,17-,18-/m0/s1. The number of rotatable bonds is 7. The SMILES string of the molecule is OCC1O[C@H](OCC2O[C@@H](O[C@H]3C(O)C(O)[C@H](O)O[C@H]3CO)C(O)[C@@H](O)[C@@H]2O)C(O)[C@@H](O)[C@H]1O. The second-order valence-electron chi connectivity index (χ2n) is 8.37. The summed E-state index contributed by atoms with van der Waals surface area (Å²) in [6.07, 6.45) is -24.9. The average Bonchev–Trinajstić information content (AvgIpc) is 2.82. The first-order valence-corrected chi connectivity index (χ1v) is 10.6. The van der Waals surface area contributed by atoms with Crippen LogP contribution in [0.1, 0.15) is 0 Å². The van der Waals surface area contributed by atoms with Crippen LogP contribution in [0.2, 0.25) is 0 Å². The Morgan fingerprint density at radius 2 is 1.03 bits per heavy atom. The molecule has 0 radical (unpaired) electrons. The third-order valence-electron chi connectivity index (χ3n) is 6.07. The van der Waals surface area contributed by atoms with Gasteiger partial charge in [0.05, 0.1) is 19.8 Å². The monoisotopic (exact) mass is 504 g/mol. The minimum Gasteiger partial charge on any atom is -0.394 e. The lowest BCUT2D eigenvalue weighted by molar-refractivity contribution is -0.362. The average molecular weight is 504 g/mol. The molecule has 0 bridgehead atoms. The third kappa shape index (κ3) is 5.52. The molecule has 0 spiro atoms. The zero-order chi connectivity index (χ0) is 25.3. The third-order valence-corrected chi connectivity index (χ3v) is 6.07. The van der Waals surface area contributed by atoms with E-state index in [1.807, 2.05) is 0 Å². The van der Waals surface area contributed by atoms with Crippen molar-refractivity contribution in [2.24, 2.45) is 0 Å². The smallest absolute Gasteiger partial charge is 0.187 e. The maximum atomic E-state index is 10.3. The van der Waals surface area contributed by atoms with Crippen LogP contribution in [-0.2, 0) is 23.7 Å². The largest absolute Gasteiger partial charge is 0.394 e. The van der Waals surface area contributed by atoms with E-state index >= 15 is 0 Å². The van der Waals surface area contributed by atoms with Crippen LogP contribution >= 0.6 is 0 Å². The van der Waals surface area contributed by atoms with E-state index in [1.54, 1.807) is 0 Å². The van der Waals surface area contributed by atoms with Gasteiger partial charge in [0.1, 0.15) is 73.2 Å². The van der Waals surface area contributed by atoms with Crippen molar-refractivity contribution in [3.63, 3.8) is 0 Å². The van der Waals surface area contributed by atoms with Gasteiger partial charge in [-0.3, -0.25) is 0 Å². The van der Waals surface area contributed by atoms with Crippen molar-refractivity contribution in [3.8, 4) is 0 Å². The topological polar surface area (TPSA) is 269 Å². The molecular weight excluding hydrogens is 472 g/mol. The number of hydrogen-bond acceptors (Lipinski definition) is 16. The predicted molar refractivity (Wildman–Crippen MR) is 101 cm³/mol. The summed E-state index contributed by atoms with van der Waals surface area (Å²) in [6.45, 7) is -2.07. The van der Waals surface area contributed by atoms with Crippen molar-refractivity contribution in [1.29, 1.82) is 0 Å². The lowest BCUT2D eigenvalue weighted by Gasteiger charge is -2.45. The van der Waals surface area contributed by atoms with Crippen LogP contribution in [0, 0.1) is 0 Å². The van der Waals surface area contributed by atoms with Crippen molar-refractivity contribution in [2.75, 3.05) is 19.8 Å². The highest BCUT2D eigenvalue weighted by molar-refractivity contribution is 4.94. The van der Waals surface area contributed by atoms with Crippen molar-refractivity contribution >= 4 is 0 Å². The van der Waals surface area contributed by atoms with Gasteiger partial charge < -0.3 is 79.9 Å². The molecule has 16 nitrogen and oxygen atoms in total. The summed E-state index contributed by atoms with van der Waals surface area (Å²) in [5.74, 6) is 0. The normalized spacial score (nSPS) is 52.5. The van der Waals surface area contributed by atoms with Gasteiger partial charge in [-0.25, -0.2) is 0 Å². The van der Waals surface area contributed by atoms with E-state index in [1.165, 1.54) is 0 Å². The van der Waals surface area contributed by atoms with Crippen LogP contribution < -0.4 is 0 Å². The summed E-state index contributed by atoms with van der Waals surface area (Å²) >= 11 is 0. The van der Waals surface area contributed by atoms with Crippen molar-refractivity contribution in [2.45, 2.75) is 92.1 Å². The molecule has 200 valence electrons. The van der Waals surface area contributed by atoms with Gasteiger partial charge in [-0.2, -0.15) is 0 Å². The van der Waals surface area contributed by atoms with Gasteiger partial charge in [0, 0.05) is 0 Å². The molecule has 0 aliphatic carbocycles. The van der Waals surface area contributed by atoms with E-state index in [0.29, 0.717) is 0 Å². The van der Waals surface area contributed by atoms with Gasteiger partial charge in [0.2, 0.25) is 0 Å². The lowest BCUT2D eigenvalue weighted by atomic mass is 9.97. The molecule has 3 rings (SSSR count). The van der Waals surface area contributed by atoms with Crippen LogP contribution in [-0.4, -0.2) is 168 Å². The Morgan fingerprint density at radius 1 is 0.500 bits per heavy atom. The highest BCUT2D eigenvalue weighted by atomic mass is 16.7.